The average Bonchev–Trinajstić information content (AvgIpc) is 2.60. The summed E-state index contributed by atoms with van der Waals surface area (Å²) in [5.41, 5.74) is 0.449. The zero-order valence-electron chi connectivity index (χ0n) is 12.5. The highest BCUT2D eigenvalue weighted by Crippen LogP contribution is 2.38. The van der Waals surface area contributed by atoms with Crippen LogP contribution in [0, 0.1) is 0 Å². The average molecular weight is 367 g/mol. The Balaban J connectivity index is 1.73. The molecule has 1 saturated heterocycles. The molecule has 2 N–H and O–H groups in total. The lowest BCUT2D eigenvalue weighted by Gasteiger charge is -2.37. The summed E-state index contributed by atoms with van der Waals surface area (Å²) < 4.78 is 60.3. The molecule has 134 valence electrons. The molecule has 0 aromatic carbocycles. The van der Waals surface area contributed by atoms with E-state index in [0.29, 0.717) is 10.6 Å². The molecule has 3 aliphatic rings. The second-order valence-electron chi connectivity index (χ2n) is 6.11. The maximum Gasteiger partial charge on any atom is 0.418 e. The van der Waals surface area contributed by atoms with E-state index in [9.17, 15) is 26.8 Å². The standard InChI is InChI=1S/C12H15F2N3O6S/c1-6-2-8-5-16(11(19)17(8)23-24(20,21)22)9(6)10(18)15-7-3-12(13,14)4-7/h2,7-9H,3-5H2,1H3,(H,15,18)(H,20,21,22)/t8-,9+/m1/s1. The molecule has 0 aromatic heterocycles. The van der Waals surface area contributed by atoms with Gasteiger partial charge in [0.05, 0.1) is 12.6 Å². The van der Waals surface area contributed by atoms with E-state index in [4.69, 9.17) is 4.55 Å². The van der Waals surface area contributed by atoms with Crippen molar-refractivity contribution in [2.45, 2.75) is 43.8 Å². The van der Waals surface area contributed by atoms with E-state index in [-0.39, 0.29) is 6.54 Å². The van der Waals surface area contributed by atoms with Gasteiger partial charge in [-0.3, -0.25) is 9.35 Å². The number of nitrogens with one attached hydrogen (secondary N) is 1. The Morgan fingerprint density at radius 2 is 2.08 bits per heavy atom. The fourth-order valence-electron chi connectivity index (χ4n) is 3.18. The summed E-state index contributed by atoms with van der Waals surface area (Å²) in [6.07, 6.45) is 0.553. The second-order valence-corrected chi connectivity index (χ2v) is 7.12. The van der Waals surface area contributed by atoms with Crippen LogP contribution >= 0.6 is 0 Å². The molecule has 9 nitrogen and oxygen atoms in total. The van der Waals surface area contributed by atoms with Crippen LogP contribution in [0.3, 0.4) is 0 Å². The minimum Gasteiger partial charge on any atom is -0.351 e. The number of carbonyl (C=O) groups excluding carboxylic acids is 2. The molecule has 2 bridgehead atoms. The number of hydrogen-bond donors (Lipinski definition) is 2. The van der Waals surface area contributed by atoms with Gasteiger partial charge in [0.2, 0.25) is 5.91 Å². The van der Waals surface area contributed by atoms with Gasteiger partial charge < -0.3 is 10.2 Å². The van der Waals surface area contributed by atoms with Crippen molar-refractivity contribution in [2.75, 3.05) is 6.54 Å². The lowest BCUT2D eigenvalue weighted by Crippen LogP contribution is -2.57. The summed E-state index contributed by atoms with van der Waals surface area (Å²) in [5.74, 6) is -3.41. The molecule has 3 amide bonds. The predicted octanol–water partition coefficient (Wildman–Crippen LogP) is 0.0694. The van der Waals surface area contributed by atoms with E-state index in [2.05, 4.69) is 9.60 Å². The Morgan fingerprint density at radius 3 is 2.62 bits per heavy atom. The zero-order valence-corrected chi connectivity index (χ0v) is 13.3. The smallest absolute Gasteiger partial charge is 0.351 e. The number of halogens is 2. The Kier molecular flexibility index (Phi) is 3.81. The van der Waals surface area contributed by atoms with Crippen LogP contribution < -0.4 is 5.32 Å². The Labute approximate surface area is 136 Å². The Hall–Kier alpha value is -1.79. The first-order chi connectivity index (χ1) is 11.0. The van der Waals surface area contributed by atoms with Gasteiger partial charge in [0, 0.05) is 18.9 Å². The van der Waals surface area contributed by atoms with Crippen LogP contribution in [0.1, 0.15) is 19.8 Å². The highest BCUT2D eigenvalue weighted by molar-refractivity contribution is 7.80. The molecule has 0 aromatic rings. The summed E-state index contributed by atoms with van der Waals surface area (Å²) in [7, 11) is -4.90. The fourth-order valence-corrected chi connectivity index (χ4v) is 3.56. The van der Waals surface area contributed by atoms with Crippen LogP contribution in [0.25, 0.3) is 0 Å². The summed E-state index contributed by atoms with van der Waals surface area (Å²) in [6, 6.07) is -3.40. The molecular weight excluding hydrogens is 352 g/mol. The third kappa shape index (κ3) is 3.08. The minimum atomic E-state index is -4.90. The van der Waals surface area contributed by atoms with E-state index in [1.807, 2.05) is 0 Å². The second kappa shape index (κ2) is 5.36. The van der Waals surface area contributed by atoms with E-state index in [1.165, 1.54) is 6.08 Å². The van der Waals surface area contributed by atoms with Crippen molar-refractivity contribution in [1.82, 2.24) is 15.3 Å². The van der Waals surface area contributed by atoms with Crippen molar-refractivity contribution < 1.29 is 35.6 Å². The van der Waals surface area contributed by atoms with Gasteiger partial charge >= 0.3 is 16.4 Å². The molecule has 0 radical (unpaired) electrons. The monoisotopic (exact) mass is 367 g/mol. The molecule has 12 heteroatoms. The first-order valence-corrected chi connectivity index (χ1v) is 8.47. The number of nitrogens with zero attached hydrogens (tertiary/aromatic N) is 2. The van der Waals surface area contributed by atoms with Crippen LogP contribution in [-0.2, 0) is 19.5 Å². The van der Waals surface area contributed by atoms with Crippen molar-refractivity contribution >= 4 is 22.3 Å². The summed E-state index contributed by atoms with van der Waals surface area (Å²) in [6.45, 7) is 1.54. The van der Waals surface area contributed by atoms with Gasteiger partial charge in [0.15, 0.2) is 0 Å². The molecule has 2 heterocycles. The molecule has 3 rings (SSSR count). The number of hydrogen-bond acceptors (Lipinski definition) is 5. The van der Waals surface area contributed by atoms with Crippen molar-refractivity contribution in [1.29, 1.82) is 0 Å². The number of fused-ring (bicyclic) bond motifs is 2. The van der Waals surface area contributed by atoms with E-state index >= 15 is 0 Å². The maximum atomic E-state index is 12.8. The highest BCUT2D eigenvalue weighted by Gasteiger charge is 2.51. The first-order valence-electron chi connectivity index (χ1n) is 7.10. The van der Waals surface area contributed by atoms with Crippen LogP contribution in [-0.4, -0.2) is 65.5 Å². The van der Waals surface area contributed by atoms with Crippen molar-refractivity contribution in [2.24, 2.45) is 0 Å². The molecule has 2 aliphatic heterocycles. The highest BCUT2D eigenvalue weighted by atomic mass is 32.3. The molecule has 24 heavy (non-hydrogen) atoms. The molecular formula is C12H15F2N3O6S. The fraction of sp³-hybridized carbons (Fsp3) is 0.667. The number of urea groups is 1. The van der Waals surface area contributed by atoms with Crippen molar-refractivity contribution in [3.8, 4) is 0 Å². The SMILES string of the molecule is CC1=C[C@@H]2CN(C(=O)N2OS(=O)(=O)O)[C@@H]1C(=O)NC1CC(F)(F)C1. The van der Waals surface area contributed by atoms with Gasteiger partial charge in [-0.05, 0) is 12.5 Å². The van der Waals surface area contributed by atoms with E-state index < -0.39 is 59.2 Å². The zero-order chi connectivity index (χ0) is 17.9. The van der Waals surface area contributed by atoms with Gasteiger partial charge in [-0.15, -0.1) is 4.28 Å². The van der Waals surface area contributed by atoms with Crippen LogP contribution in [0.2, 0.25) is 0 Å². The lowest BCUT2D eigenvalue weighted by atomic mass is 9.87. The number of carbonyl (C=O) groups is 2. The number of hydroxylamine groups is 2. The summed E-state index contributed by atoms with van der Waals surface area (Å²) >= 11 is 0. The quantitative estimate of drug-likeness (QED) is 0.537. The topological polar surface area (TPSA) is 116 Å². The molecule has 2 atom stereocenters. The molecule has 2 fully saturated rings. The van der Waals surface area contributed by atoms with Crippen LogP contribution in [0.5, 0.6) is 0 Å². The van der Waals surface area contributed by atoms with Gasteiger partial charge in [-0.25, -0.2) is 13.6 Å². The largest absolute Gasteiger partial charge is 0.418 e. The van der Waals surface area contributed by atoms with Gasteiger partial charge in [0.25, 0.3) is 5.92 Å². The molecule has 1 saturated carbocycles. The summed E-state index contributed by atoms with van der Waals surface area (Å²) in [5, 5.41) is 2.92. The minimum absolute atomic E-state index is 0.0232. The number of amides is 3. The Bertz CT molecular complexity index is 716. The van der Waals surface area contributed by atoms with Crippen molar-refractivity contribution in [3.63, 3.8) is 0 Å². The molecule has 1 aliphatic carbocycles. The van der Waals surface area contributed by atoms with E-state index in [0.717, 1.165) is 4.90 Å². The molecule has 0 unspecified atom stereocenters. The van der Waals surface area contributed by atoms with E-state index in [1.54, 1.807) is 6.92 Å². The van der Waals surface area contributed by atoms with Gasteiger partial charge in [0.1, 0.15) is 6.04 Å². The van der Waals surface area contributed by atoms with Gasteiger partial charge in [-0.2, -0.15) is 13.5 Å². The molecule has 0 spiro atoms. The number of alkyl halides is 2. The van der Waals surface area contributed by atoms with Crippen LogP contribution in [0.4, 0.5) is 13.6 Å². The number of rotatable bonds is 4. The van der Waals surface area contributed by atoms with Crippen molar-refractivity contribution in [3.05, 3.63) is 11.6 Å². The van der Waals surface area contributed by atoms with Gasteiger partial charge in [-0.1, -0.05) is 6.08 Å². The Morgan fingerprint density at radius 1 is 1.46 bits per heavy atom. The third-order valence-electron chi connectivity index (χ3n) is 4.18. The summed E-state index contributed by atoms with van der Waals surface area (Å²) in [4.78, 5) is 25.6. The predicted molar refractivity (Wildman–Crippen MR) is 74.0 cm³/mol. The van der Waals surface area contributed by atoms with Crippen LogP contribution in [0.15, 0.2) is 11.6 Å². The maximum absolute atomic E-state index is 12.8. The first kappa shape index (κ1) is 17.0. The third-order valence-corrected chi connectivity index (χ3v) is 4.53. The normalized spacial score (nSPS) is 29.3. The lowest BCUT2D eigenvalue weighted by molar-refractivity contribution is -0.132.